The number of benzene rings is 2. The van der Waals surface area contributed by atoms with Crippen molar-refractivity contribution in [1.82, 2.24) is 14.8 Å². The van der Waals surface area contributed by atoms with Crippen LogP contribution in [0.3, 0.4) is 0 Å². The molecular weight excluding hydrogens is 540 g/mol. The van der Waals surface area contributed by atoms with Crippen molar-refractivity contribution >= 4 is 51.0 Å². The monoisotopic (exact) mass is 562 g/mol. The maximum atomic E-state index is 12.7. The van der Waals surface area contributed by atoms with Gasteiger partial charge in [-0.2, -0.15) is 4.98 Å². The number of allylic oxidation sites excluding steroid dienone is 2. The zero-order chi connectivity index (χ0) is 24.4. The minimum atomic E-state index is -0.475. The molecule has 0 spiro atoms. The van der Waals surface area contributed by atoms with Crippen LogP contribution in [0.1, 0.15) is 37.9 Å². The van der Waals surface area contributed by atoms with Gasteiger partial charge in [0.25, 0.3) is 0 Å². The molecule has 1 N–H and O–H groups in total. The van der Waals surface area contributed by atoms with Crippen LogP contribution >= 0.6 is 39.3 Å². The zero-order valence-electron chi connectivity index (χ0n) is 19.2. The minimum absolute atomic E-state index is 0.0506. The molecule has 178 valence electrons. The van der Waals surface area contributed by atoms with Crippen molar-refractivity contribution in [2.75, 3.05) is 19.0 Å². The van der Waals surface area contributed by atoms with Gasteiger partial charge in [-0.25, -0.2) is 4.68 Å². The molecule has 10 heteroatoms. The lowest BCUT2D eigenvalue weighted by molar-refractivity contribution is -0.114. The fourth-order valence-electron chi connectivity index (χ4n) is 3.90. The average Bonchev–Trinajstić information content (AvgIpc) is 3.21. The summed E-state index contributed by atoms with van der Waals surface area (Å²) < 4.78 is 13.8. The zero-order valence-corrected chi connectivity index (χ0v) is 22.3. The number of nitrogens with zero attached hydrogens (tertiary/aromatic N) is 3. The number of carbonyl (C=O) groups is 1. The molecule has 0 radical (unpaired) electrons. The highest BCUT2D eigenvalue weighted by Crippen LogP contribution is 2.43. The molecule has 0 bridgehead atoms. The summed E-state index contributed by atoms with van der Waals surface area (Å²) in [5, 5.41) is 9.28. The Labute approximate surface area is 216 Å². The molecule has 1 atom stereocenters. The number of ketones is 1. The van der Waals surface area contributed by atoms with E-state index in [0.717, 1.165) is 21.3 Å². The lowest BCUT2D eigenvalue weighted by Gasteiger charge is -2.28. The van der Waals surface area contributed by atoms with Gasteiger partial charge in [-0.05, 0) is 66.0 Å². The fourth-order valence-corrected chi connectivity index (χ4v) is 5.59. The Morgan fingerprint density at radius 3 is 2.76 bits per heavy atom. The highest BCUT2D eigenvalue weighted by molar-refractivity contribution is 9.10. The molecule has 7 nitrogen and oxygen atoms in total. The third-order valence-corrected chi connectivity index (χ3v) is 7.23. The maximum absolute atomic E-state index is 12.7. The van der Waals surface area contributed by atoms with Crippen molar-refractivity contribution in [3.8, 4) is 11.5 Å². The van der Waals surface area contributed by atoms with E-state index >= 15 is 0 Å². The van der Waals surface area contributed by atoms with Crippen LogP contribution < -0.4 is 14.8 Å². The van der Waals surface area contributed by atoms with E-state index in [1.165, 1.54) is 11.8 Å². The summed E-state index contributed by atoms with van der Waals surface area (Å²) in [7, 11) is 1.59. The van der Waals surface area contributed by atoms with Crippen LogP contribution in [0.5, 0.6) is 11.5 Å². The first-order chi connectivity index (χ1) is 16.3. The lowest BCUT2D eigenvalue weighted by atomic mass is 9.93. The molecule has 1 aliphatic heterocycles. The van der Waals surface area contributed by atoms with E-state index in [2.05, 4.69) is 26.2 Å². The number of aromatic nitrogens is 3. The van der Waals surface area contributed by atoms with E-state index in [0.29, 0.717) is 45.6 Å². The van der Waals surface area contributed by atoms with Crippen LogP contribution in [0, 0.1) is 0 Å². The van der Waals surface area contributed by atoms with Crippen molar-refractivity contribution in [2.24, 2.45) is 0 Å². The average molecular weight is 564 g/mol. The van der Waals surface area contributed by atoms with Gasteiger partial charge in [-0.3, -0.25) is 4.79 Å². The highest BCUT2D eigenvalue weighted by atomic mass is 79.9. The number of anilines is 1. The molecule has 1 aliphatic rings. The van der Waals surface area contributed by atoms with E-state index in [1.807, 2.05) is 50.2 Å². The summed E-state index contributed by atoms with van der Waals surface area (Å²) in [6.45, 7) is 5.84. The first kappa shape index (κ1) is 24.6. The molecule has 0 fully saturated rings. The number of hydrogen-bond acceptors (Lipinski definition) is 7. The number of halogens is 2. The molecule has 2 heterocycles. The van der Waals surface area contributed by atoms with Gasteiger partial charge < -0.3 is 14.8 Å². The summed E-state index contributed by atoms with van der Waals surface area (Å²) in [6.07, 6.45) is 0. The van der Waals surface area contributed by atoms with Crippen molar-refractivity contribution < 1.29 is 14.3 Å². The van der Waals surface area contributed by atoms with Crippen LogP contribution in [0.15, 0.2) is 57.3 Å². The van der Waals surface area contributed by atoms with Gasteiger partial charge in [0.1, 0.15) is 6.04 Å². The first-order valence-electron chi connectivity index (χ1n) is 10.7. The number of rotatable bonds is 8. The predicted molar refractivity (Wildman–Crippen MR) is 138 cm³/mol. The molecule has 0 saturated heterocycles. The van der Waals surface area contributed by atoms with Gasteiger partial charge in [0.2, 0.25) is 11.1 Å². The molecule has 3 aromatic rings. The molecule has 0 saturated carbocycles. The Bertz CT molecular complexity index is 1280. The van der Waals surface area contributed by atoms with E-state index < -0.39 is 6.04 Å². The lowest BCUT2D eigenvalue weighted by Crippen LogP contribution is -2.28. The maximum Gasteiger partial charge on any atom is 0.227 e. The second kappa shape index (κ2) is 10.4. The number of methoxy groups -OCH3 is 1. The third kappa shape index (κ3) is 4.82. The van der Waals surface area contributed by atoms with Gasteiger partial charge in [-0.1, -0.05) is 41.6 Å². The Balaban J connectivity index is 1.76. The molecule has 4 rings (SSSR count). The van der Waals surface area contributed by atoms with Gasteiger partial charge in [0.15, 0.2) is 17.3 Å². The van der Waals surface area contributed by atoms with Crippen molar-refractivity contribution in [1.29, 1.82) is 0 Å². The summed E-state index contributed by atoms with van der Waals surface area (Å²) >= 11 is 11.4. The van der Waals surface area contributed by atoms with Crippen LogP contribution in [0.25, 0.3) is 0 Å². The summed E-state index contributed by atoms with van der Waals surface area (Å²) in [6, 6.07) is 11.0. The molecule has 2 aromatic carbocycles. The molecule has 0 aliphatic carbocycles. The van der Waals surface area contributed by atoms with Gasteiger partial charge in [0.05, 0.1) is 18.2 Å². The van der Waals surface area contributed by atoms with E-state index in [-0.39, 0.29) is 5.78 Å². The second-order valence-electron chi connectivity index (χ2n) is 7.63. The number of thioether (sulfide) groups is 1. The van der Waals surface area contributed by atoms with Crippen LogP contribution in [0.2, 0.25) is 5.02 Å². The largest absolute Gasteiger partial charge is 0.493 e. The predicted octanol–water partition coefficient (Wildman–Crippen LogP) is 6.27. The molecule has 0 amide bonds. The first-order valence-corrected chi connectivity index (χ1v) is 12.8. The van der Waals surface area contributed by atoms with Gasteiger partial charge in [-0.15, -0.1) is 5.10 Å². The number of carbonyl (C=O) groups excluding carboxylic acids is 1. The fraction of sp³-hybridized carbons (Fsp3) is 0.292. The summed E-state index contributed by atoms with van der Waals surface area (Å²) in [5.74, 6) is 2.33. The van der Waals surface area contributed by atoms with Crippen LogP contribution in [-0.2, 0) is 10.5 Å². The number of fused-ring (bicyclic) bond motifs is 1. The molecule has 34 heavy (non-hydrogen) atoms. The van der Waals surface area contributed by atoms with Crippen LogP contribution in [-0.4, -0.2) is 34.3 Å². The number of hydrogen-bond donors (Lipinski definition) is 1. The second-order valence-corrected chi connectivity index (χ2v) is 9.84. The summed E-state index contributed by atoms with van der Waals surface area (Å²) in [5.41, 5.74) is 3.18. The van der Waals surface area contributed by atoms with E-state index in [4.69, 9.17) is 26.2 Å². The standard InChI is InChI=1S/C24H24BrClN4O3S/c1-5-33-22-17(25)10-16(11-19(22)32-4)21-20(14(3)31)13(2)27-23-28-24(29-30(21)23)34-12-15-8-6-7-9-18(15)26/h6-11,21H,5,12H2,1-4H3,(H,27,28,29). The highest BCUT2D eigenvalue weighted by Gasteiger charge is 2.34. The quantitative estimate of drug-likeness (QED) is 0.324. The Hall–Kier alpha value is -2.49. The van der Waals surface area contributed by atoms with Crippen molar-refractivity contribution in [3.63, 3.8) is 0 Å². The molecule has 1 aromatic heterocycles. The molecule has 1 unspecified atom stereocenters. The Morgan fingerprint density at radius 1 is 1.32 bits per heavy atom. The topological polar surface area (TPSA) is 78.3 Å². The van der Waals surface area contributed by atoms with Gasteiger partial charge >= 0.3 is 0 Å². The third-order valence-electron chi connectivity index (χ3n) is 5.38. The SMILES string of the molecule is CCOc1c(Br)cc(C2C(C(C)=O)=C(C)Nc3nc(SCc4ccccc4Cl)nn32)cc1OC. The number of nitrogens with one attached hydrogen (secondary N) is 1. The van der Waals surface area contributed by atoms with Gasteiger partial charge in [0, 0.05) is 22.0 Å². The van der Waals surface area contributed by atoms with E-state index in [9.17, 15) is 4.79 Å². The van der Waals surface area contributed by atoms with E-state index in [1.54, 1.807) is 18.7 Å². The van der Waals surface area contributed by atoms with Crippen molar-refractivity contribution in [2.45, 2.75) is 37.7 Å². The minimum Gasteiger partial charge on any atom is -0.493 e. The summed E-state index contributed by atoms with van der Waals surface area (Å²) in [4.78, 5) is 17.4. The normalized spacial score (nSPS) is 15.1. The number of ether oxygens (including phenoxy) is 2. The van der Waals surface area contributed by atoms with Crippen LogP contribution in [0.4, 0.5) is 5.95 Å². The molecular formula is C24H24BrClN4O3S. The Morgan fingerprint density at radius 2 is 2.09 bits per heavy atom. The smallest absolute Gasteiger partial charge is 0.227 e. The number of Topliss-reactive ketones (excluding diaryl/α,β-unsaturated/α-hetero) is 1. The Kier molecular flexibility index (Phi) is 7.54. The van der Waals surface area contributed by atoms with Crippen molar-refractivity contribution in [3.05, 3.63) is 68.3 Å².